The summed E-state index contributed by atoms with van der Waals surface area (Å²) < 4.78 is 0. The Bertz CT molecular complexity index is 761. The van der Waals surface area contributed by atoms with Crippen LogP contribution in [-0.2, 0) is 10.8 Å². The molecule has 0 N–H and O–H groups in total. The summed E-state index contributed by atoms with van der Waals surface area (Å²) in [6, 6.07) is 17.5. The molecule has 0 aliphatic heterocycles. The fraction of sp³-hybridized carbons (Fsp3) is 0.364. The number of rotatable bonds is 6. The summed E-state index contributed by atoms with van der Waals surface area (Å²) >= 11 is 3.74. The van der Waals surface area contributed by atoms with Crippen LogP contribution in [0.4, 0.5) is 0 Å². The van der Waals surface area contributed by atoms with Crippen LogP contribution in [0.1, 0.15) is 51.0 Å². The zero-order chi connectivity index (χ0) is 17.2. The third kappa shape index (κ3) is 3.81. The second-order valence-corrected chi connectivity index (χ2v) is 9.67. The average molecular weight is 355 g/mol. The highest BCUT2D eigenvalue weighted by molar-refractivity contribution is 7.13. The van der Waals surface area contributed by atoms with Crippen molar-refractivity contribution in [3.8, 4) is 10.4 Å². The van der Waals surface area contributed by atoms with Crippen LogP contribution >= 0.6 is 22.7 Å². The smallest absolute Gasteiger partial charge is 0.0345 e. The number of benzene rings is 1. The van der Waals surface area contributed by atoms with Crippen molar-refractivity contribution in [2.24, 2.45) is 0 Å². The van der Waals surface area contributed by atoms with Crippen molar-refractivity contribution >= 4 is 22.7 Å². The van der Waals surface area contributed by atoms with Gasteiger partial charge in [-0.15, -0.1) is 22.7 Å². The normalized spacial score (nSPS) is 12.5. The van der Waals surface area contributed by atoms with Gasteiger partial charge in [0.15, 0.2) is 0 Å². The van der Waals surface area contributed by atoms with Gasteiger partial charge in [-0.1, -0.05) is 64.1 Å². The van der Waals surface area contributed by atoms with Gasteiger partial charge in [0.25, 0.3) is 0 Å². The van der Waals surface area contributed by atoms with E-state index < -0.39 is 0 Å². The van der Waals surface area contributed by atoms with Gasteiger partial charge in [-0.2, -0.15) is 0 Å². The minimum atomic E-state index is 0.206. The highest BCUT2D eigenvalue weighted by Gasteiger charge is 2.28. The molecular formula is C22H26S2. The Morgan fingerprint density at radius 1 is 0.792 bits per heavy atom. The van der Waals surface area contributed by atoms with Gasteiger partial charge in [-0.05, 0) is 57.7 Å². The lowest BCUT2D eigenvalue weighted by Gasteiger charge is -2.30. The van der Waals surface area contributed by atoms with Crippen molar-refractivity contribution in [1.29, 1.82) is 0 Å². The Hall–Kier alpha value is -1.38. The van der Waals surface area contributed by atoms with E-state index in [4.69, 9.17) is 0 Å². The number of hydrogen-bond donors (Lipinski definition) is 0. The molecule has 1 aromatic carbocycles. The molecule has 0 amide bonds. The Morgan fingerprint density at radius 3 is 2.17 bits per heavy atom. The van der Waals surface area contributed by atoms with Crippen molar-refractivity contribution in [2.75, 3.05) is 0 Å². The average Bonchev–Trinajstić information content (AvgIpc) is 3.26. The maximum atomic E-state index is 2.39. The quantitative estimate of drug-likeness (QED) is 0.429. The van der Waals surface area contributed by atoms with Crippen LogP contribution in [0.2, 0.25) is 0 Å². The maximum Gasteiger partial charge on any atom is 0.0345 e. The highest BCUT2D eigenvalue weighted by atomic mass is 32.1. The molecule has 0 unspecified atom stereocenters. The fourth-order valence-corrected chi connectivity index (χ4v) is 4.99. The molecule has 24 heavy (non-hydrogen) atoms. The summed E-state index contributed by atoms with van der Waals surface area (Å²) in [5.74, 6) is 0. The monoisotopic (exact) mass is 354 g/mol. The lowest BCUT2D eigenvalue weighted by molar-refractivity contribution is 0.379. The summed E-state index contributed by atoms with van der Waals surface area (Å²) in [6.45, 7) is 9.51. The van der Waals surface area contributed by atoms with Gasteiger partial charge in [0, 0.05) is 9.75 Å². The van der Waals surface area contributed by atoms with E-state index in [1.807, 2.05) is 22.7 Å². The van der Waals surface area contributed by atoms with E-state index in [-0.39, 0.29) is 10.8 Å². The first-order chi connectivity index (χ1) is 11.4. The summed E-state index contributed by atoms with van der Waals surface area (Å²) in [7, 11) is 0. The maximum absolute atomic E-state index is 2.39. The van der Waals surface area contributed by atoms with E-state index in [1.54, 1.807) is 0 Å². The van der Waals surface area contributed by atoms with E-state index in [0.29, 0.717) is 0 Å². The molecule has 2 aromatic heterocycles. The van der Waals surface area contributed by atoms with Crippen molar-refractivity contribution in [1.82, 2.24) is 0 Å². The van der Waals surface area contributed by atoms with E-state index >= 15 is 0 Å². The van der Waals surface area contributed by atoms with Crippen LogP contribution in [0.15, 0.2) is 59.3 Å². The molecule has 2 heteroatoms. The van der Waals surface area contributed by atoms with E-state index in [9.17, 15) is 0 Å². The molecule has 0 saturated heterocycles. The molecule has 0 aliphatic rings. The molecule has 2 heterocycles. The van der Waals surface area contributed by atoms with Crippen LogP contribution in [0, 0.1) is 0 Å². The molecule has 0 spiro atoms. The summed E-state index contributed by atoms with van der Waals surface area (Å²) in [4.78, 5) is 2.87. The second-order valence-electron chi connectivity index (χ2n) is 7.81. The van der Waals surface area contributed by atoms with Crippen LogP contribution in [-0.4, -0.2) is 0 Å². The molecule has 0 radical (unpaired) electrons. The molecule has 0 saturated carbocycles. The zero-order valence-corrected chi connectivity index (χ0v) is 16.6. The lowest BCUT2D eigenvalue weighted by Crippen LogP contribution is -2.23. The fourth-order valence-electron chi connectivity index (χ4n) is 3.00. The molecule has 0 bridgehead atoms. The molecule has 0 aliphatic carbocycles. The molecular weight excluding hydrogens is 328 g/mol. The van der Waals surface area contributed by atoms with Gasteiger partial charge in [-0.3, -0.25) is 0 Å². The predicted octanol–water partition coefficient (Wildman–Crippen LogP) is 7.51. The molecule has 0 atom stereocenters. The Morgan fingerprint density at radius 2 is 1.50 bits per heavy atom. The Labute approximate surface area is 154 Å². The van der Waals surface area contributed by atoms with Crippen LogP contribution in [0.25, 0.3) is 10.4 Å². The third-order valence-corrected chi connectivity index (χ3v) is 7.22. The summed E-state index contributed by atoms with van der Waals surface area (Å²) in [5.41, 5.74) is 3.25. The first-order valence-electron chi connectivity index (χ1n) is 8.57. The number of thiophene rings is 2. The molecule has 0 nitrogen and oxygen atoms in total. The summed E-state index contributed by atoms with van der Waals surface area (Å²) in [6.07, 6.45) is 2.40. The van der Waals surface area contributed by atoms with Gasteiger partial charge in [0.2, 0.25) is 0 Å². The molecule has 3 aromatic rings. The van der Waals surface area contributed by atoms with Crippen molar-refractivity contribution in [3.05, 3.63) is 69.7 Å². The number of hydrogen-bond acceptors (Lipinski definition) is 2. The van der Waals surface area contributed by atoms with Crippen LogP contribution in [0.3, 0.4) is 0 Å². The van der Waals surface area contributed by atoms with Crippen LogP contribution in [0.5, 0.6) is 0 Å². The second kappa shape index (κ2) is 6.85. The predicted molar refractivity (Wildman–Crippen MR) is 109 cm³/mol. The summed E-state index contributed by atoms with van der Waals surface area (Å²) in [5, 5.41) is 4.54. The Kier molecular flexibility index (Phi) is 4.98. The van der Waals surface area contributed by atoms with E-state index in [0.717, 1.165) is 0 Å². The van der Waals surface area contributed by atoms with Gasteiger partial charge in [0.1, 0.15) is 0 Å². The standard InChI is InChI=1S/C22H26S2/c1-21(2,12-13-22(3,4)20-11-8-14-23-20)18-15-19(24-16-18)17-9-6-5-7-10-17/h5-11,14-16H,12-13H2,1-4H3. The van der Waals surface area contributed by atoms with Gasteiger partial charge < -0.3 is 0 Å². The lowest BCUT2D eigenvalue weighted by atomic mass is 9.75. The van der Waals surface area contributed by atoms with E-state index in [2.05, 4.69) is 87.0 Å². The largest absolute Gasteiger partial charge is 0.148 e. The first-order valence-corrected chi connectivity index (χ1v) is 10.3. The van der Waals surface area contributed by atoms with E-state index in [1.165, 1.54) is 33.7 Å². The van der Waals surface area contributed by atoms with Crippen molar-refractivity contribution in [3.63, 3.8) is 0 Å². The topological polar surface area (TPSA) is 0 Å². The van der Waals surface area contributed by atoms with Crippen LogP contribution < -0.4 is 0 Å². The van der Waals surface area contributed by atoms with Crippen molar-refractivity contribution < 1.29 is 0 Å². The minimum absolute atomic E-state index is 0.206. The molecule has 126 valence electrons. The highest BCUT2D eigenvalue weighted by Crippen LogP contribution is 2.40. The SMILES string of the molecule is CC(C)(CCC(C)(C)c1cccs1)c1csc(-c2ccccc2)c1. The van der Waals surface area contributed by atoms with Gasteiger partial charge in [-0.25, -0.2) is 0 Å². The first kappa shape index (κ1) is 17.4. The zero-order valence-electron chi connectivity index (χ0n) is 15.0. The minimum Gasteiger partial charge on any atom is -0.148 e. The molecule has 3 rings (SSSR count). The van der Waals surface area contributed by atoms with Gasteiger partial charge >= 0.3 is 0 Å². The third-order valence-electron chi connectivity index (χ3n) is 5.00. The Balaban J connectivity index is 1.73. The molecule has 0 fully saturated rings. The van der Waals surface area contributed by atoms with Gasteiger partial charge in [0.05, 0.1) is 0 Å². The van der Waals surface area contributed by atoms with Crippen molar-refractivity contribution in [2.45, 2.75) is 51.4 Å².